The number of ether oxygens (including phenoxy) is 1. The molecule has 2 saturated heterocycles. The smallest absolute Gasteiger partial charge is 0.167 e. The number of halogens is 1. The summed E-state index contributed by atoms with van der Waals surface area (Å²) in [7, 11) is 1.79. The highest BCUT2D eigenvalue weighted by molar-refractivity contribution is 6.30. The van der Waals surface area contributed by atoms with Crippen LogP contribution in [-0.2, 0) is 23.0 Å². The predicted octanol–water partition coefficient (Wildman–Crippen LogP) is 1.36. The van der Waals surface area contributed by atoms with Crippen LogP contribution in [0.25, 0.3) is 0 Å². The van der Waals surface area contributed by atoms with Crippen molar-refractivity contribution in [2.45, 2.75) is 38.3 Å². The monoisotopic (exact) mass is 297 g/mol. The van der Waals surface area contributed by atoms with Crippen molar-refractivity contribution >= 4 is 17.4 Å². The molecule has 3 heterocycles. The van der Waals surface area contributed by atoms with E-state index in [2.05, 4.69) is 10.00 Å². The van der Waals surface area contributed by atoms with E-state index >= 15 is 0 Å². The summed E-state index contributed by atoms with van der Waals surface area (Å²) in [5, 5.41) is 4.79. The molecular formula is C14H20ClN3O2. The van der Waals surface area contributed by atoms with Crippen LogP contribution >= 0.6 is 11.6 Å². The lowest BCUT2D eigenvalue weighted by atomic mass is 10.0. The van der Waals surface area contributed by atoms with Crippen molar-refractivity contribution in [3.8, 4) is 0 Å². The number of nitrogens with zero attached hydrogens (tertiary/aromatic N) is 3. The van der Waals surface area contributed by atoms with Crippen LogP contribution in [0, 0.1) is 6.92 Å². The summed E-state index contributed by atoms with van der Waals surface area (Å²) in [4.78, 5) is 14.8. The first-order valence-corrected chi connectivity index (χ1v) is 7.50. The van der Waals surface area contributed by atoms with Crippen LogP contribution in [0.4, 0.5) is 0 Å². The van der Waals surface area contributed by atoms with Crippen LogP contribution < -0.4 is 0 Å². The van der Waals surface area contributed by atoms with Crippen LogP contribution in [-0.4, -0.2) is 52.3 Å². The Balaban J connectivity index is 1.67. The molecule has 0 amide bonds. The molecule has 2 aliphatic heterocycles. The average molecular weight is 298 g/mol. The highest BCUT2D eigenvalue weighted by Crippen LogP contribution is 2.25. The molecule has 2 aliphatic rings. The zero-order valence-corrected chi connectivity index (χ0v) is 12.7. The van der Waals surface area contributed by atoms with E-state index in [0.717, 1.165) is 24.3 Å². The van der Waals surface area contributed by atoms with Gasteiger partial charge in [-0.25, -0.2) is 0 Å². The van der Waals surface area contributed by atoms with E-state index in [9.17, 15) is 4.79 Å². The lowest BCUT2D eigenvalue weighted by Gasteiger charge is -2.34. The van der Waals surface area contributed by atoms with E-state index in [1.165, 1.54) is 12.8 Å². The molecule has 0 aliphatic carbocycles. The van der Waals surface area contributed by atoms with Crippen molar-refractivity contribution in [1.29, 1.82) is 0 Å². The Kier molecular flexibility index (Phi) is 3.84. The first kappa shape index (κ1) is 14.0. The molecule has 110 valence electrons. The minimum absolute atomic E-state index is 0.105. The first-order valence-electron chi connectivity index (χ1n) is 7.12. The van der Waals surface area contributed by atoms with Crippen LogP contribution in [0.15, 0.2) is 0 Å². The Labute approximate surface area is 123 Å². The third-order valence-electron chi connectivity index (χ3n) is 4.37. The van der Waals surface area contributed by atoms with Crippen molar-refractivity contribution in [3.63, 3.8) is 0 Å². The van der Waals surface area contributed by atoms with Crippen LogP contribution in [0.3, 0.4) is 0 Å². The van der Waals surface area contributed by atoms with Crippen LogP contribution in [0.5, 0.6) is 0 Å². The molecule has 0 spiro atoms. The van der Waals surface area contributed by atoms with Gasteiger partial charge in [-0.3, -0.25) is 14.4 Å². The van der Waals surface area contributed by atoms with Crippen molar-refractivity contribution in [2.75, 3.05) is 19.7 Å². The molecule has 1 aromatic heterocycles. The van der Waals surface area contributed by atoms with Gasteiger partial charge in [-0.1, -0.05) is 11.6 Å². The molecule has 1 aromatic rings. The molecule has 5 nitrogen and oxygen atoms in total. The largest absolute Gasteiger partial charge is 0.367 e. The molecule has 3 rings (SSSR count). The highest BCUT2D eigenvalue weighted by Gasteiger charge is 2.35. The summed E-state index contributed by atoms with van der Waals surface area (Å²) in [6.07, 6.45) is 2.39. The Morgan fingerprint density at radius 3 is 3.05 bits per heavy atom. The van der Waals surface area contributed by atoms with Crippen molar-refractivity contribution in [1.82, 2.24) is 14.7 Å². The fourth-order valence-corrected chi connectivity index (χ4v) is 3.42. The van der Waals surface area contributed by atoms with Crippen LogP contribution in [0.2, 0.25) is 5.15 Å². The predicted molar refractivity (Wildman–Crippen MR) is 76.0 cm³/mol. The second-order valence-electron chi connectivity index (χ2n) is 5.73. The summed E-state index contributed by atoms with van der Waals surface area (Å²) >= 11 is 6.18. The fraction of sp³-hybridized carbons (Fsp3) is 0.714. The molecule has 0 N–H and O–H groups in total. The van der Waals surface area contributed by atoms with Gasteiger partial charge in [-0.2, -0.15) is 5.10 Å². The first-order chi connectivity index (χ1) is 9.56. The van der Waals surface area contributed by atoms with E-state index in [1.807, 2.05) is 6.92 Å². The average Bonchev–Trinajstić information content (AvgIpc) is 2.98. The zero-order chi connectivity index (χ0) is 14.3. The second-order valence-corrected chi connectivity index (χ2v) is 6.09. The van der Waals surface area contributed by atoms with E-state index < -0.39 is 0 Å². The van der Waals surface area contributed by atoms with Gasteiger partial charge in [0.2, 0.25) is 0 Å². The highest BCUT2D eigenvalue weighted by atomic mass is 35.5. The number of rotatable bonds is 3. The molecule has 2 atom stereocenters. The van der Waals surface area contributed by atoms with Gasteiger partial charge in [0.25, 0.3) is 0 Å². The summed E-state index contributed by atoms with van der Waals surface area (Å²) < 4.78 is 7.36. The van der Waals surface area contributed by atoms with Gasteiger partial charge in [0.15, 0.2) is 5.78 Å². The van der Waals surface area contributed by atoms with E-state index in [1.54, 1.807) is 11.7 Å². The lowest BCUT2D eigenvalue weighted by molar-refractivity contribution is -0.137. The SMILES string of the molecule is Cc1nn(C)c(Cl)c1CC(=O)C1CN2CCCC2CO1. The van der Waals surface area contributed by atoms with E-state index in [-0.39, 0.29) is 11.9 Å². The van der Waals surface area contributed by atoms with Gasteiger partial charge in [0.05, 0.1) is 12.3 Å². The zero-order valence-electron chi connectivity index (χ0n) is 11.9. The number of Topliss-reactive ketones (excluding diaryl/α,β-unsaturated/α-hetero) is 1. The quantitative estimate of drug-likeness (QED) is 0.845. The standard InChI is InChI=1S/C14H20ClN3O2/c1-9-11(14(15)17(2)16-9)6-12(19)13-7-18-5-3-4-10(18)8-20-13/h10,13H,3-8H2,1-2H3. The minimum atomic E-state index is -0.319. The minimum Gasteiger partial charge on any atom is -0.367 e. The third-order valence-corrected chi connectivity index (χ3v) is 4.84. The summed E-state index contributed by atoms with van der Waals surface area (Å²) in [5.74, 6) is 0.105. The van der Waals surface area contributed by atoms with E-state index in [0.29, 0.717) is 24.2 Å². The topological polar surface area (TPSA) is 47.4 Å². The molecule has 2 unspecified atom stereocenters. The Morgan fingerprint density at radius 2 is 2.35 bits per heavy atom. The molecule has 6 heteroatoms. The molecule has 0 saturated carbocycles. The van der Waals surface area contributed by atoms with Gasteiger partial charge in [-0.15, -0.1) is 0 Å². The maximum atomic E-state index is 12.4. The van der Waals surface area contributed by atoms with Gasteiger partial charge in [0.1, 0.15) is 11.3 Å². The molecule has 0 aromatic carbocycles. The van der Waals surface area contributed by atoms with Gasteiger partial charge in [0, 0.05) is 31.6 Å². The molecule has 0 bridgehead atoms. The Bertz CT molecular complexity index is 529. The lowest BCUT2D eigenvalue weighted by Crippen LogP contribution is -2.49. The fourth-order valence-electron chi connectivity index (χ4n) is 3.17. The Hall–Kier alpha value is -0.910. The van der Waals surface area contributed by atoms with Crippen LogP contribution in [0.1, 0.15) is 24.1 Å². The molecule has 0 radical (unpaired) electrons. The number of aryl methyl sites for hydroxylation is 2. The summed E-state index contributed by atoms with van der Waals surface area (Å²) in [6.45, 7) is 4.37. The number of aromatic nitrogens is 2. The number of fused-ring (bicyclic) bond motifs is 1. The molecule has 2 fully saturated rings. The maximum Gasteiger partial charge on any atom is 0.167 e. The number of hydrogen-bond acceptors (Lipinski definition) is 4. The van der Waals surface area contributed by atoms with E-state index in [4.69, 9.17) is 16.3 Å². The number of ketones is 1. The molecule has 20 heavy (non-hydrogen) atoms. The number of morpholine rings is 1. The number of carbonyl (C=O) groups is 1. The summed E-state index contributed by atoms with van der Waals surface area (Å²) in [6, 6.07) is 0.516. The maximum absolute atomic E-state index is 12.4. The Morgan fingerprint density at radius 1 is 1.55 bits per heavy atom. The second kappa shape index (κ2) is 5.47. The number of carbonyl (C=O) groups excluding carboxylic acids is 1. The van der Waals surface area contributed by atoms with Gasteiger partial charge >= 0.3 is 0 Å². The van der Waals surface area contributed by atoms with Gasteiger partial charge < -0.3 is 4.74 Å². The normalized spacial score (nSPS) is 26.8. The van der Waals surface area contributed by atoms with Crippen molar-refractivity contribution in [2.24, 2.45) is 7.05 Å². The van der Waals surface area contributed by atoms with Crippen molar-refractivity contribution in [3.05, 3.63) is 16.4 Å². The number of hydrogen-bond donors (Lipinski definition) is 0. The summed E-state index contributed by atoms with van der Waals surface area (Å²) in [5.41, 5.74) is 1.65. The van der Waals surface area contributed by atoms with Crippen molar-refractivity contribution < 1.29 is 9.53 Å². The third kappa shape index (κ3) is 2.50. The van der Waals surface area contributed by atoms with Gasteiger partial charge in [-0.05, 0) is 26.3 Å². The molecular weight excluding hydrogens is 278 g/mol.